The van der Waals surface area contributed by atoms with Gasteiger partial charge in [-0.2, -0.15) is 0 Å². The van der Waals surface area contributed by atoms with E-state index in [2.05, 4.69) is 132 Å². The normalized spacial score (nSPS) is 11.6. The summed E-state index contributed by atoms with van der Waals surface area (Å²) in [7, 11) is 0. The molecule has 2 aromatic heterocycles. The van der Waals surface area contributed by atoms with Crippen LogP contribution in [0.4, 0.5) is 17.1 Å². The SMILES string of the molecule is c1ccc(-c2cccc(N(c3ccc4c(c3)sc3ccccc34)c3cc4oc(-c5ccccc5)nc4c4ccccc34)c2)cc1. The molecule has 0 fully saturated rings. The molecular formula is C41H26N2OS. The summed E-state index contributed by atoms with van der Waals surface area (Å²) in [4.78, 5) is 7.36. The Morgan fingerprint density at radius 2 is 1.11 bits per heavy atom. The van der Waals surface area contributed by atoms with Crippen molar-refractivity contribution in [3.05, 3.63) is 158 Å². The first-order valence-electron chi connectivity index (χ1n) is 15.0. The maximum atomic E-state index is 6.49. The molecule has 212 valence electrons. The van der Waals surface area contributed by atoms with Crippen LogP contribution >= 0.6 is 11.3 Å². The Labute approximate surface area is 264 Å². The smallest absolute Gasteiger partial charge is 0.227 e. The van der Waals surface area contributed by atoms with E-state index in [1.54, 1.807) is 0 Å². The molecule has 7 aromatic carbocycles. The summed E-state index contributed by atoms with van der Waals surface area (Å²) in [5.41, 5.74) is 8.14. The zero-order valence-electron chi connectivity index (χ0n) is 24.2. The Morgan fingerprint density at radius 3 is 1.93 bits per heavy atom. The van der Waals surface area contributed by atoms with Gasteiger partial charge in [0.15, 0.2) is 5.58 Å². The molecule has 4 heteroatoms. The van der Waals surface area contributed by atoms with Gasteiger partial charge in [-0.15, -0.1) is 11.3 Å². The largest absolute Gasteiger partial charge is 0.436 e. The molecule has 0 aliphatic rings. The highest BCUT2D eigenvalue weighted by molar-refractivity contribution is 7.25. The van der Waals surface area contributed by atoms with Crippen molar-refractivity contribution in [3.63, 3.8) is 0 Å². The number of hydrogen-bond acceptors (Lipinski definition) is 4. The zero-order chi connectivity index (χ0) is 29.7. The van der Waals surface area contributed by atoms with E-state index in [1.807, 2.05) is 41.7 Å². The van der Waals surface area contributed by atoms with Gasteiger partial charge in [-0.1, -0.05) is 109 Å². The van der Waals surface area contributed by atoms with Crippen LogP contribution in [0, 0.1) is 0 Å². The van der Waals surface area contributed by atoms with Crippen molar-refractivity contribution >= 4 is 70.4 Å². The van der Waals surface area contributed by atoms with Gasteiger partial charge in [0.05, 0.1) is 5.69 Å². The molecule has 0 aliphatic heterocycles. The maximum absolute atomic E-state index is 6.49. The number of oxazole rings is 1. The average Bonchev–Trinajstić information content (AvgIpc) is 3.71. The number of rotatable bonds is 5. The van der Waals surface area contributed by atoms with Gasteiger partial charge in [0, 0.05) is 53.9 Å². The molecule has 0 amide bonds. The lowest BCUT2D eigenvalue weighted by atomic mass is 10.0. The lowest BCUT2D eigenvalue weighted by Crippen LogP contribution is -2.10. The minimum Gasteiger partial charge on any atom is -0.436 e. The first-order chi connectivity index (χ1) is 22.3. The lowest BCUT2D eigenvalue weighted by Gasteiger charge is -2.27. The molecular weight excluding hydrogens is 569 g/mol. The third kappa shape index (κ3) is 4.38. The molecule has 0 saturated heterocycles. The van der Waals surface area contributed by atoms with Crippen molar-refractivity contribution < 1.29 is 4.42 Å². The van der Waals surface area contributed by atoms with Gasteiger partial charge in [-0.25, -0.2) is 4.98 Å². The van der Waals surface area contributed by atoms with E-state index in [4.69, 9.17) is 9.40 Å². The van der Waals surface area contributed by atoms with E-state index in [0.29, 0.717) is 5.89 Å². The van der Waals surface area contributed by atoms with Gasteiger partial charge >= 0.3 is 0 Å². The van der Waals surface area contributed by atoms with Crippen LogP contribution in [0.2, 0.25) is 0 Å². The molecule has 0 unspecified atom stereocenters. The molecule has 9 rings (SSSR count). The van der Waals surface area contributed by atoms with Gasteiger partial charge in [0.2, 0.25) is 5.89 Å². The van der Waals surface area contributed by atoms with Crippen LogP contribution in [0.1, 0.15) is 0 Å². The van der Waals surface area contributed by atoms with Crippen molar-refractivity contribution in [3.8, 4) is 22.6 Å². The summed E-state index contributed by atoms with van der Waals surface area (Å²) in [6.45, 7) is 0. The molecule has 0 radical (unpaired) electrons. The predicted molar refractivity (Wildman–Crippen MR) is 190 cm³/mol. The van der Waals surface area contributed by atoms with Crippen LogP contribution in [-0.4, -0.2) is 4.98 Å². The number of nitrogens with zero attached hydrogens (tertiary/aromatic N) is 2. The summed E-state index contributed by atoms with van der Waals surface area (Å²) in [6.07, 6.45) is 0. The fraction of sp³-hybridized carbons (Fsp3) is 0. The predicted octanol–water partition coefficient (Wildman–Crippen LogP) is 12.2. The summed E-state index contributed by atoms with van der Waals surface area (Å²) in [5, 5.41) is 4.74. The summed E-state index contributed by atoms with van der Waals surface area (Å²) in [5.74, 6) is 0.622. The highest BCUT2D eigenvalue weighted by Gasteiger charge is 2.21. The topological polar surface area (TPSA) is 29.3 Å². The Bertz CT molecular complexity index is 2500. The second kappa shape index (κ2) is 10.5. The van der Waals surface area contributed by atoms with E-state index in [0.717, 1.165) is 50.1 Å². The summed E-state index contributed by atoms with van der Waals surface area (Å²) >= 11 is 1.84. The van der Waals surface area contributed by atoms with Gasteiger partial charge in [-0.05, 0) is 53.6 Å². The van der Waals surface area contributed by atoms with E-state index in [9.17, 15) is 0 Å². The Kier molecular flexibility index (Phi) is 6.00. The summed E-state index contributed by atoms with van der Waals surface area (Å²) < 4.78 is 9.05. The first kappa shape index (κ1) is 25.8. The molecule has 3 nitrogen and oxygen atoms in total. The van der Waals surface area contributed by atoms with Crippen LogP contribution in [-0.2, 0) is 0 Å². The van der Waals surface area contributed by atoms with Crippen LogP contribution in [0.15, 0.2) is 162 Å². The Hall–Kier alpha value is -5.71. The molecule has 0 aliphatic carbocycles. The molecule has 45 heavy (non-hydrogen) atoms. The Morgan fingerprint density at radius 1 is 0.467 bits per heavy atom. The molecule has 0 spiro atoms. The fourth-order valence-electron chi connectivity index (χ4n) is 6.36. The highest BCUT2D eigenvalue weighted by Crippen LogP contribution is 2.45. The van der Waals surface area contributed by atoms with E-state index < -0.39 is 0 Å². The van der Waals surface area contributed by atoms with Gasteiger partial charge in [-0.3, -0.25) is 0 Å². The van der Waals surface area contributed by atoms with E-state index >= 15 is 0 Å². The van der Waals surface area contributed by atoms with Crippen molar-refractivity contribution in [2.45, 2.75) is 0 Å². The molecule has 9 aromatic rings. The monoisotopic (exact) mass is 594 g/mol. The summed E-state index contributed by atoms with van der Waals surface area (Å²) in [6, 6.07) is 55.6. The Balaban J connectivity index is 1.31. The van der Waals surface area contributed by atoms with Crippen LogP contribution in [0.5, 0.6) is 0 Å². The van der Waals surface area contributed by atoms with Crippen molar-refractivity contribution in [2.75, 3.05) is 4.90 Å². The number of fused-ring (bicyclic) bond motifs is 6. The number of aromatic nitrogens is 1. The molecule has 2 heterocycles. The fourth-order valence-corrected chi connectivity index (χ4v) is 7.50. The van der Waals surface area contributed by atoms with Crippen LogP contribution in [0.25, 0.3) is 64.6 Å². The minimum atomic E-state index is 0.622. The molecule has 0 bridgehead atoms. The van der Waals surface area contributed by atoms with Crippen molar-refractivity contribution in [1.29, 1.82) is 0 Å². The van der Waals surface area contributed by atoms with Gasteiger partial charge in [0.25, 0.3) is 0 Å². The molecule has 0 atom stereocenters. The second-order valence-electron chi connectivity index (χ2n) is 11.2. The third-order valence-corrected chi connectivity index (χ3v) is 9.61. The van der Waals surface area contributed by atoms with Crippen molar-refractivity contribution in [2.24, 2.45) is 0 Å². The molecule has 0 saturated carbocycles. The highest BCUT2D eigenvalue weighted by atomic mass is 32.1. The minimum absolute atomic E-state index is 0.622. The number of hydrogen-bond donors (Lipinski definition) is 0. The van der Waals surface area contributed by atoms with Gasteiger partial charge < -0.3 is 9.32 Å². The number of thiophene rings is 1. The lowest BCUT2D eigenvalue weighted by molar-refractivity contribution is 0.620. The maximum Gasteiger partial charge on any atom is 0.227 e. The number of anilines is 3. The average molecular weight is 595 g/mol. The quantitative estimate of drug-likeness (QED) is 0.198. The zero-order valence-corrected chi connectivity index (χ0v) is 25.0. The van der Waals surface area contributed by atoms with Crippen LogP contribution in [0.3, 0.4) is 0 Å². The standard InChI is InChI=1S/C41H26N2OS/c1-3-12-27(13-4-1)29-16-11-17-30(24-29)43(31-22-23-34-33-19-9-10-21-38(33)45-39(34)25-31)36-26-37-40(35-20-8-7-18-32(35)36)42-41(44-37)28-14-5-2-6-15-28/h1-26H. The second-order valence-corrected chi connectivity index (χ2v) is 12.3. The first-order valence-corrected chi connectivity index (χ1v) is 15.9. The van der Waals surface area contributed by atoms with Gasteiger partial charge in [0.1, 0.15) is 5.52 Å². The number of benzene rings is 7. The van der Waals surface area contributed by atoms with E-state index in [-0.39, 0.29) is 0 Å². The van der Waals surface area contributed by atoms with Crippen LogP contribution < -0.4 is 4.90 Å². The molecule has 0 N–H and O–H groups in total. The third-order valence-electron chi connectivity index (χ3n) is 8.47. The van der Waals surface area contributed by atoms with E-state index in [1.165, 1.54) is 25.7 Å². The van der Waals surface area contributed by atoms with Crippen molar-refractivity contribution in [1.82, 2.24) is 4.98 Å².